The number of methoxy groups -OCH3 is 1. The summed E-state index contributed by atoms with van der Waals surface area (Å²) in [6, 6.07) is 22.2. The molecule has 0 unspecified atom stereocenters. The third-order valence-electron chi connectivity index (χ3n) is 4.17. The summed E-state index contributed by atoms with van der Waals surface area (Å²) in [5.74, 6) is 0.883. The lowest BCUT2D eigenvalue weighted by molar-refractivity contribution is -0.121. The van der Waals surface area contributed by atoms with E-state index < -0.39 is 0 Å². The quantitative estimate of drug-likeness (QED) is 0.743. The van der Waals surface area contributed by atoms with Gasteiger partial charge in [0.2, 0.25) is 5.91 Å². The Balaban J connectivity index is 1.59. The second-order valence-corrected chi connectivity index (χ2v) is 5.73. The number of hydrogen-bond acceptors (Lipinski definition) is 2. The maximum atomic E-state index is 12.2. The molecule has 0 saturated heterocycles. The van der Waals surface area contributed by atoms with E-state index in [9.17, 15) is 4.79 Å². The van der Waals surface area contributed by atoms with Crippen LogP contribution in [-0.4, -0.2) is 13.0 Å². The van der Waals surface area contributed by atoms with Crippen molar-refractivity contribution in [2.75, 3.05) is 7.11 Å². The number of carbonyl (C=O) groups is 1. The van der Waals surface area contributed by atoms with Gasteiger partial charge in [-0.2, -0.15) is 0 Å². The Labute approximate surface area is 142 Å². The van der Waals surface area contributed by atoms with Crippen molar-refractivity contribution in [1.82, 2.24) is 5.32 Å². The molecule has 1 amide bonds. The first-order chi connectivity index (χ1) is 11.8. The Hall–Kier alpha value is -2.81. The predicted octanol–water partition coefficient (Wildman–Crippen LogP) is 4.10. The van der Waals surface area contributed by atoms with Crippen molar-refractivity contribution in [2.24, 2.45) is 0 Å². The highest BCUT2D eigenvalue weighted by Crippen LogP contribution is 2.20. The van der Waals surface area contributed by atoms with E-state index in [-0.39, 0.29) is 5.91 Å². The fourth-order valence-corrected chi connectivity index (χ4v) is 2.89. The van der Waals surface area contributed by atoms with Crippen LogP contribution in [0.1, 0.15) is 17.5 Å². The number of hydrogen-bond donors (Lipinski definition) is 1. The van der Waals surface area contributed by atoms with E-state index in [4.69, 9.17) is 4.74 Å². The van der Waals surface area contributed by atoms with Crippen LogP contribution in [0.2, 0.25) is 0 Å². The maximum absolute atomic E-state index is 12.2. The number of fused-ring (bicyclic) bond motifs is 1. The van der Waals surface area contributed by atoms with Gasteiger partial charge in [-0.05, 0) is 34.4 Å². The molecule has 24 heavy (non-hydrogen) atoms. The molecule has 122 valence electrons. The lowest BCUT2D eigenvalue weighted by Crippen LogP contribution is -2.23. The standard InChI is InChI=1S/C21H21NO2/c1-24-20-12-5-3-8-17(20)13-14-21(23)22-15-18-10-6-9-16-7-2-4-11-19(16)18/h2-12H,13-15H2,1H3,(H,22,23). The van der Waals surface area contributed by atoms with Crippen LogP contribution in [0.4, 0.5) is 0 Å². The number of rotatable bonds is 6. The summed E-state index contributed by atoms with van der Waals surface area (Å²) in [6.45, 7) is 0.548. The Kier molecular flexibility index (Phi) is 5.12. The monoisotopic (exact) mass is 319 g/mol. The molecule has 0 heterocycles. The lowest BCUT2D eigenvalue weighted by Gasteiger charge is -2.10. The summed E-state index contributed by atoms with van der Waals surface area (Å²) >= 11 is 0. The Morgan fingerprint density at radius 1 is 0.917 bits per heavy atom. The molecule has 0 aromatic heterocycles. The van der Waals surface area contributed by atoms with Crippen LogP contribution in [0.3, 0.4) is 0 Å². The van der Waals surface area contributed by atoms with Crippen molar-refractivity contribution >= 4 is 16.7 Å². The zero-order valence-electron chi connectivity index (χ0n) is 13.8. The van der Waals surface area contributed by atoms with Crippen LogP contribution in [-0.2, 0) is 17.8 Å². The van der Waals surface area contributed by atoms with Gasteiger partial charge in [-0.15, -0.1) is 0 Å². The first kappa shape index (κ1) is 16.1. The highest BCUT2D eigenvalue weighted by atomic mass is 16.5. The first-order valence-electron chi connectivity index (χ1n) is 8.13. The Morgan fingerprint density at radius 2 is 1.62 bits per heavy atom. The van der Waals surface area contributed by atoms with Crippen molar-refractivity contribution in [3.05, 3.63) is 77.9 Å². The third-order valence-corrected chi connectivity index (χ3v) is 4.17. The molecule has 0 saturated carbocycles. The van der Waals surface area contributed by atoms with Gasteiger partial charge in [0.1, 0.15) is 5.75 Å². The summed E-state index contributed by atoms with van der Waals surface area (Å²) < 4.78 is 5.32. The van der Waals surface area contributed by atoms with Crippen molar-refractivity contribution in [1.29, 1.82) is 0 Å². The lowest BCUT2D eigenvalue weighted by atomic mass is 10.0. The SMILES string of the molecule is COc1ccccc1CCC(=O)NCc1cccc2ccccc12. The molecule has 0 radical (unpaired) electrons. The van der Waals surface area contributed by atoms with Gasteiger partial charge in [0.25, 0.3) is 0 Å². The number of ether oxygens (including phenoxy) is 1. The minimum Gasteiger partial charge on any atom is -0.496 e. The predicted molar refractivity (Wildman–Crippen MR) is 97.1 cm³/mol. The second kappa shape index (κ2) is 7.64. The minimum atomic E-state index is 0.0499. The van der Waals surface area contributed by atoms with Gasteiger partial charge in [0.15, 0.2) is 0 Å². The second-order valence-electron chi connectivity index (χ2n) is 5.73. The zero-order chi connectivity index (χ0) is 16.8. The molecule has 3 rings (SSSR count). The van der Waals surface area contributed by atoms with E-state index in [2.05, 4.69) is 29.6 Å². The topological polar surface area (TPSA) is 38.3 Å². The number of benzene rings is 3. The molecule has 3 aromatic carbocycles. The Morgan fingerprint density at radius 3 is 2.50 bits per heavy atom. The van der Waals surface area contributed by atoms with Crippen LogP contribution < -0.4 is 10.1 Å². The van der Waals surface area contributed by atoms with Gasteiger partial charge in [-0.25, -0.2) is 0 Å². The minimum absolute atomic E-state index is 0.0499. The van der Waals surface area contributed by atoms with Crippen molar-refractivity contribution in [3.8, 4) is 5.75 Å². The van der Waals surface area contributed by atoms with Crippen LogP contribution in [0, 0.1) is 0 Å². The number of aryl methyl sites for hydroxylation is 1. The average Bonchev–Trinajstić information content (AvgIpc) is 2.64. The van der Waals surface area contributed by atoms with Gasteiger partial charge in [-0.1, -0.05) is 60.7 Å². The molecule has 3 heteroatoms. The summed E-state index contributed by atoms with van der Waals surface area (Å²) in [4.78, 5) is 12.2. The van der Waals surface area contributed by atoms with Gasteiger partial charge in [0.05, 0.1) is 7.11 Å². The van der Waals surface area contributed by atoms with Gasteiger partial charge < -0.3 is 10.1 Å². The summed E-state index contributed by atoms with van der Waals surface area (Å²) in [5.41, 5.74) is 2.19. The van der Waals surface area contributed by atoms with Crippen LogP contribution in [0.5, 0.6) is 5.75 Å². The van der Waals surface area contributed by atoms with Crippen LogP contribution in [0.15, 0.2) is 66.7 Å². The molecule has 3 nitrogen and oxygen atoms in total. The molecular formula is C21H21NO2. The molecule has 0 aliphatic carbocycles. The fourth-order valence-electron chi connectivity index (χ4n) is 2.89. The molecule has 0 spiro atoms. The number of nitrogens with one attached hydrogen (secondary N) is 1. The van der Waals surface area contributed by atoms with Gasteiger partial charge in [-0.3, -0.25) is 4.79 Å². The van der Waals surface area contributed by atoms with E-state index in [1.165, 1.54) is 10.8 Å². The number of para-hydroxylation sites is 1. The molecule has 1 N–H and O–H groups in total. The first-order valence-corrected chi connectivity index (χ1v) is 8.13. The van der Waals surface area contributed by atoms with Crippen LogP contribution >= 0.6 is 0 Å². The van der Waals surface area contributed by atoms with E-state index >= 15 is 0 Å². The number of amides is 1. The zero-order valence-corrected chi connectivity index (χ0v) is 13.8. The number of carbonyl (C=O) groups excluding carboxylic acids is 1. The summed E-state index contributed by atoms with van der Waals surface area (Å²) in [5, 5.41) is 5.40. The fraction of sp³-hybridized carbons (Fsp3) is 0.190. The molecule has 0 bridgehead atoms. The average molecular weight is 319 g/mol. The normalized spacial score (nSPS) is 10.5. The van der Waals surface area contributed by atoms with Crippen molar-refractivity contribution < 1.29 is 9.53 Å². The van der Waals surface area contributed by atoms with E-state index in [0.29, 0.717) is 19.4 Å². The summed E-state index contributed by atoms with van der Waals surface area (Å²) in [7, 11) is 1.65. The van der Waals surface area contributed by atoms with Crippen LogP contribution in [0.25, 0.3) is 10.8 Å². The smallest absolute Gasteiger partial charge is 0.220 e. The largest absolute Gasteiger partial charge is 0.496 e. The van der Waals surface area contributed by atoms with E-state index in [0.717, 1.165) is 16.9 Å². The molecule has 0 fully saturated rings. The van der Waals surface area contributed by atoms with Gasteiger partial charge >= 0.3 is 0 Å². The van der Waals surface area contributed by atoms with Crippen molar-refractivity contribution in [2.45, 2.75) is 19.4 Å². The van der Waals surface area contributed by atoms with Crippen molar-refractivity contribution in [3.63, 3.8) is 0 Å². The third kappa shape index (κ3) is 3.74. The maximum Gasteiger partial charge on any atom is 0.220 e. The summed E-state index contributed by atoms with van der Waals surface area (Å²) in [6.07, 6.45) is 1.12. The highest BCUT2D eigenvalue weighted by molar-refractivity contribution is 5.86. The van der Waals surface area contributed by atoms with E-state index in [1.54, 1.807) is 7.11 Å². The highest BCUT2D eigenvalue weighted by Gasteiger charge is 2.07. The van der Waals surface area contributed by atoms with Gasteiger partial charge in [0, 0.05) is 13.0 Å². The Bertz CT molecular complexity index is 837. The molecule has 0 aliphatic rings. The molecular weight excluding hydrogens is 298 g/mol. The molecule has 3 aromatic rings. The molecule has 0 aliphatic heterocycles. The molecule has 0 atom stereocenters. The van der Waals surface area contributed by atoms with E-state index in [1.807, 2.05) is 42.5 Å².